The first-order valence-corrected chi connectivity index (χ1v) is 7.60. The summed E-state index contributed by atoms with van der Waals surface area (Å²) in [5.74, 6) is 1.54. The van der Waals surface area contributed by atoms with E-state index in [9.17, 15) is 0 Å². The number of nitrogens with zero attached hydrogens (tertiary/aromatic N) is 3. The van der Waals surface area contributed by atoms with Gasteiger partial charge in [-0.3, -0.25) is 4.98 Å². The molecule has 1 N–H and O–H groups in total. The van der Waals surface area contributed by atoms with Crippen molar-refractivity contribution in [2.75, 3.05) is 6.54 Å². The van der Waals surface area contributed by atoms with Crippen LogP contribution in [0.1, 0.15) is 45.4 Å². The van der Waals surface area contributed by atoms with Crippen molar-refractivity contribution < 1.29 is 4.52 Å². The highest BCUT2D eigenvalue weighted by Crippen LogP contribution is 2.24. The Kier molecular flexibility index (Phi) is 5.04. The highest BCUT2D eigenvalue weighted by molar-refractivity contribution is 7.13. The zero-order chi connectivity index (χ0) is 13.7. The van der Waals surface area contributed by atoms with Crippen LogP contribution in [0, 0.1) is 0 Å². The maximum atomic E-state index is 5.39. The van der Waals surface area contributed by atoms with Gasteiger partial charge in [-0.05, 0) is 19.4 Å². The van der Waals surface area contributed by atoms with E-state index in [0.717, 1.165) is 24.3 Å². The summed E-state index contributed by atoms with van der Waals surface area (Å²) < 4.78 is 5.39. The van der Waals surface area contributed by atoms with Gasteiger partial charge < -0.3 is 9.84 Å². The average molecular weight is 280 g/mol. The smallest absolute Gasteiger partial charge is 0.231 e. The van der Waals surface area contributed by atoms with Crippen LogP contribution in [0.25, 0.3) is 10.7 Å². The summed E-state index contributed by atoms with van der Waals surface area (Å²) in [6.07, 6.45) is 3.93. The lowest BCUT2D eigenvalue weighted by molar-refractivity contribution is 0.319. The van der Waals surface area contributed by atoms with Crippen LogP contribution in [-0.2, 0) is 0 Å². The Hall–Kier alpha value is -1.27. The van der Waals surface area contributed by atoms with Crippen LogP contribution in [0.4, 0.5) is 0 Å². The molecule has 0 aliphatic heterocycles. The normalized spacial score (nSPS) is 14.5. The van der Waals surface area contributed by atoms with Crippen LogP contribution >= 0.6 is 11.3 Å². The molecule has 2 atom stereocenters. The van der Waals surface area contributed by atoms with E-state index in [4.69, 9.17) is 4.52 Å². The molecule has 2 heterocycles. The van der Waals surface area contributed by atoms with Crippen molar-refractivity contribution in [1.82, 2.24) is 20.4 Å². The van der Waals surface area contributed by atoms with Gasteiger partial charge in [-0.2, -0.15) is 4.98 Å². The maximum absolute atomic E-state index is 5.39. The van der Waals surface area contributed by atoms with Gasteiger partial charge in [0, 0.05) is 12.2 Å². The van der Waals surface area contributed by atoms with Crippen LogP contribution in [0.15, 0.2) is 16.2 Å². The summed E-state index contributed by atoms with van der Waals surface area (Å²) in [5, 5.41) is 7.56. The maximum Gasteiger partial charge on any atom is 0.231 e. The molecule has 104 valence electrons. The van der Waals surface area contributed by atoms with Crippen molar-refractivity contribution in [1.29, 1.82) is 0 Å². The molecule has 5 nitrogen and oxygen atoms in total. The zero-order valence-electron chi connectivity index (χ0n) is 11.6. The Morgan fingerprint density at radius 3 is 2.89 bits per heavy atom. The van der Waals surface area contributed by atoms with E-state index in [2.05, 4.69) is 41.2 Å². The van der Waals surface area contributed by atoms with Crippen molar-refractivity contribution in [3.8, 4) is 10.7 Å². The molecule has 2 rings (SSSR count). The minimum absolute atomic E-state index is 0.214. The van der Waals surface area contributed by atoms with E-state index in [1.807, 2.05) is 0 Å². The molecule has 0 fully saturated rings. The number of hydrogen-bond donors (Lipinski definition) is 1. The van der Waals surface area contributed by atoms with E-state index in [0.29, 0.717) is 17.8 Å². The Morgan fingerprint density at radius 2 is 2.26 bits per heavy atom. The molecule has 0 saturated carbocycles. The van der Waals surface area contributed by atoms with Gasteiger partial charge in [0.15, 0.2) is 0 Å². The van der Waals surface area contributed by atoms with Gasteiger partial charge in [0.1, 0.15) is 0 Å². The fourth-order valence-corrected chi connectivity index (χ4v) is 2.57. The van der Waals surface area contributed by atoms with E-state index in [-0.39, 0.29) is 5.92 Å². The van der Waals surface area contributed by atoms with Gasteiger partial charge in [0.2, 0.25) is 11.7 Å². The SMILES string of the molecule is CCCNC(CC)C(C)c1nc(-c2cncs2)no1. The van der Waals surface area contributed by atoms with Gasteiger partial charge in [-0.25, -0.2) is 0 Å². The molecule has 0 aliphatic rings. The predicted molar refractivity (Wildman–Crippen MR) is 76.2 cm³/mol. The standard InChI is InChI=1S/C13H20N4OS/c1-4-6-15-10(5-2)9(3)13-16-12(17-18-13)11-7-14-8-19-11/h7-10,15H,4-6H2,1-3H3. The van der Waals surface area contributed by atoms with Gasteiger partial charge in [0.25, 0.3) is 0 Å². The topological polar surface area (TPSA) is 63.8 Å². The van der Waals surface area contributed by atoms with Crippen molar-refractivity contribution in [2.45, 2.75) is 45.6 Å². The highest BCUT2D eigenvalue weighted by Gasteiger charge is 2.23. The van der Waals surface area contributed by atoms with Crippen LogP contribution in [0.5, 0.6) is 0 Å². The molecule has 0 aromatic carbocycles. The predicted octanol–water partition coefficient (Wildman–Crippen LogP) is 3.07. The Labute approximate surface area is 117 Å². The monoisotopic (exact) mass is 280 g/mol. The molecule has 2 aromatic heterocycles. The quantitative estimate of drug-likeness (QED) is 0.844. The number of rotatable bonds is 7. The van der Waals surface area contributed by atoms with E-state index >= 15 is 0 Å². The molecule has 6 heteroatoms. The van der Waals surface area contributed by atoms with Gasteiger partial charge in [0.05, 0.1) is 16.3 Å². The molecule has 0 spiro atoms. The summed E-state index contributed by atoms with van der Waals surface area (Å²) in [4.78, 5) is 9.45. The Bertz CT molecular complexity index is 483. The van der Waals surface area contributed by atoms with Crippen LogP contribution < -0.4 is 5.32 Å². The van der Waals surface area contributed by atoms with Crippen LogP contribution in [0.2, 0.25) is 0 Å². The molecular formula is C13H20N4OS. The fraction of sp³-hybridized carbons (Fsp3) is 0.615. The first-order chi connectivity index (χ1) is 9.26. The second-order valence-corrected chi connectivity index (χ2v) is 5.47. The van der Waals surface area contributed by atoms with Crippen molar-refractivity contribution in [2.24, 2.45) is 0 Å². The third-order valence-corrected chi connectivity index (χ3v) is 3.95. The fourth-order valence-electron chi connectivity index (χ4n) is 2.02. The van der Waals surface area contributed by atoms with E-state index in [1.54, 1.807) is 11.7 Å². The lowest BCUT2D eigenvalue weighted by Crippen LogP contribution is -2.33. The largest absolute Gasteiger partial charge is 0.339 e. The minimum Gasteiger partial charge on any atom is -0.339 e. The van der Waals surface area contributed by atoms with E-state index < -0.39 is 0 Å². The van der Waals surface area contributed by atoms with E-state index in [1.165, 1.54) is 11.3 Å². The summed E-state index contributed by atoms with van der Waals surface area (Å²) in [7, 11) is 0. The third-order valence-electron chi connectivity index (χ3n) is 3.18. The lowest BCUT2D eigenvalue weighted by Gasteiger charge is -2.20. The van der Waals surface area contributed by atoms with Gasteiger partial charge in [-0.15, -0.1) is 11.3 Å². The molecule has 2 unspecified atom stereocenters. The molecular weight excluding hydrogens is 260 g/mol. The number of hydrogen-bond acceptors (Lipinski definition) is 6. The van der Waals surface area contributed by atoms with Crippen molar-refractivity contribution in [3.63, 3.8) is 0 Å². The molecule has 19 heavy (non-hydrogen) atoms. The van der Waals surface area contributed by atoms with Crippen LogP contribution in [-0.4, -0.2) is 27.7 Å². The van der Waals surface area contributed by atoms with Gasteiger partial charge >= 0.3 is 0 Å². The van der Waals surface area contributed by atoms with Crippen LogP contribution in [0.3, 0.4) is 0 Å². The Balaban J connectivity index is 2.08. The van der Waals surface area contributed by atoms with Crippen molar-refractivity contribution in [3.05, 3.63) is 17.6 Å². The zero-order valence-corrected chi connectivity index (χ0v) is 12.4. The second-order valence-electron chi connectivity index (χ2n) is 4.58. The molecule has 0 bridgehead atoms. The first kappa shape index (κ1) is 14.1. The molecule has 0 aliphatic carbocycles. The lowest BCUT2D eigenvalue weighted by atomic mass is 9.99. The summed E-state index contributed by atoms with van der Waals surface area (Å²) in [6, 6.07) is 0.370. The molecule has 2 aromatic rings. The number of nitrogens with one attached hydrogen (secondary N) is 1. The van der Waals surface area contributed by atoms with Crippen molar-refractivity contribution >= 4 is 11.3 Å². The molecule has 0 radical (unpaired) electrons. The highest BCUT2D eigenvalue weighted by atomic mass is 32.1. The molecule has 0 saturated heterocycles. The average Bonchev–Trinajstić information content (AvgIpc) is 3.10. The number of thiazole rings is 1. The summed E-state index contributed by atoms with van der Waals surface area (Å²) >= 11 is 1.52. The van der Waals surface area contributed by atoms with Gasteiger partial charge in [-0.1, -0.05) is 25.9 Å². The summed E-state index contributed by atoms with van der Waals surface area (Å²) in [5.41, 5.74) is 1.77. The summed E-state index contributed by atoms with van der Waals surface area (Å²) in [6.45, 7) is 7.47. The Morgan fingerprint density at radius 1 is 1.42 bits per heavy atom. The molecule has 0 amide bonds. The number of aromatic nitrogens is 3. The first-order valence-electron chi connectivity index (χ1n) is 6.72. The minimum atomic E-state index is 0.214. The third kappa shape index (κ3) is 3.39. The second kappa shape index (κ2) is 6.77.